The molecule has 0 unspecified atom stereocenters. The molecule has 0 saturated heterocycles. The Kier molecular flexibility index (Phi) is 11.7. The lowest BCUT2D eigenvalue weighted by molar-refractivity contribution is 0.568. The van der Waals surface area contributed by atoms with Gasteiger partial charge < -0.3 is 9.97 Å². The van der Waals surface area contributed by atoms with Gasteiger partial charge in [0.15, 0.2) is 0 Å². The van der Waals surface area contributed by atoms with Crippen molar-refractivity contribution in [1.82, 2.24) is 19.9 Å². The molecule has 0 fully saturated rings. The van der Waals surface area contributed by atoms with Crippen molar-refractivity contribution < 1.29 is 0 Å². The largest absolute Gasteiger partial charge is 0.355 e. The van der Waals surface area contributed by atoms with Gasteiger partial charge in [-0.15, -0.1) is 0 Å². The molecular weight excluding hydrogens is 956 g/mol. The van der Waals surface area contributed by atoms with Gasteiger partial charge in [-0.1, -0.05) is 239 Å². The summed E-state index contributed by atoms with van der Waals surface area (Å²) in [7, 11) is 0. The Morgan fingerprint density at radius 1 is 0.354 bits per heavy atom. The van der Waals surface area contributed by atoms with E-state index in [0.717, 1.165) is 83.8 Å². The minimum atomic E-state index is -0.102. The van der Waals surface area contributed by atoms with Crippen LogP contribution >= 0.6 is 0 Å². The monoisotopic (exact) mass is 1030 g/mol. The van der Waals surface area contributed by atoms with Crippen LogP contribution in [0.2, 0.25) is 0 Å². The van der Waals surface area contributed by atoms with E-state index in [1.807, 2.05) is 0 Å². The van der Waals surface area contributed by atoms with E-state index >= 15 is 0 Å². The molecule has 5 heteroatoms. The van der Waals surface area contributed by atoms with Crippen LogP contribution in [0.5, 0.6) is 0 Å². The highest BCUT2D eigenvalue weighted by molar-refractivity contribution is 6.99. The zero-order valence-electron chi connectivity index (χ0n) is 50.3. The molecule has 4 aliphatic rings. The highest BCUT2D eigenvalue weighted by Gasteiger charge is 2.41. The first-order valence-corrected chi connectivity index (χ1v) is 28.8. The molecule has 4 aliphatic heterocycles. The fourth-order valence-electron chi connectivity index (χ4n) is 12.4. The van der Waals surface area contributed by atoms with Crippen LogP contribution in [0.15, 0.2) is 121 Å². The molecule has 0 spiro atoms. The number of nitrogens with one attached hydrogen (secondary N) is 2. The molecule has 398 valence electrons. The Morgan fingerprint density at radius 2 is 0.734 bits per heavy atom. The van der Waals surface area contributed by atoms with Crippen molar-refractivity contribution in [1.29, 1.82) is 0 Å². The van der Waals surface area contributed by atoms with Gasteiger partial charge >= 0.3 is 0 Å². The van der Waals surface area contributed by atoms with Crippen LogP contribution in [-0.2, 0) is 32.5 Å². The maximum absolute atomic E-state index is 6.03. The van der Waals surface area contributed by atoms with Gasteiger partial charge in [-0.05, 0) is 136 Å². The molecule has 0 atom stereocenters. The van der Waals surface area contributed by atoms with Crippen molar-refractivity contribution in [3.63, 3.8) is 0 Å². The van der Waals surface area contributed by atoms with Gasteiger partial charge in [-0.3, -0.25) is 0 Å². The van der Waals surface area contributed by atoms with Crippen molar-refractivity contribution in [2.24, 2.45) is 0 Å². The van der Waals surface area contributed by atoms with Gasteiger partial charge in [0.25, 0.3) is 0 Å². The molecule has 5 aromatic carbocycles. The fraction of sp³-hybridized carbons (Fsp3) is 0.324. The number of hydrogen-bond donors (Lipinski definition) is 2. The van der Waals surface area contributed by atoms with Crippen LogP contribution in [0.4, 0.5) is 0 Å². The van der Waals surface area contributed by atoms with Gasteiger partial charge in [0, 0.05) is 49.9 Å². The van der Waals surface area contributed by atoms with Crippen molar-refractivity contribution >= 4 is 69.0 Å². The number of fused-ring (bicyclic) bond motifs is 12. The van der Waals surface area contributed by atoms with Crippen molar-refractivity contribution in [3.05, 3.63) is 183 Å². The molecule has 0 radical (unpaired) electrons. The van der Waals surface area contributed by atoms with Gasteiger partial charge in [-0.2, -0.15) is 0 Å². The minimum Gasteiger partial charge on any atom is -0.355 e. The Hall–Kier alpha value is -7.24. The lowest BCUT2D eigenvalue weighted by Crippen LogP contribution is -2.58. The van der Waals surface area contributed by atoms with Crippen molar-refractivity contribution in [2.75, 3.05) is 0 Å². The van der Waals surface area contributed by atoms with E-state index in [-0.39, 0.29) is 39.2 Å². The third kappa shape index (κ3) is 9.01. The highest BCUT2D eigenvalue weighted by Crippen LogP contribution is 2.45. The number of hydrogen-bond acceptors (Lipinski definition) is 2. The summed E-state index contributed by atoms with van der Waals surface area (Å²) in [6.07, 6.45) is 6.95. The van der Waals surface area contributed by atoms with E-state index in [1.165, 1.54) is 66.5 Å². The first-order valence-electron chi connectivity index (χ1n) is 28.8. The molecule has 12 rings (SSSR count). The lowest BCUT2D eigenvalue weighted by atomic mass is 9.31. The maximum atomic E-state index is 6.03. The molecule has 0 saturated carbocycles. The van der Waals surface area contributed by atoms with Gasteiger partial charge in [0.1, 0.15) is 0 Å². The first-order chi connectivity index (χ1) is 36.9. The Bertz CT molecular complexity index is 4030. The summed E-state index contributed by atoms with van der Waals surface area (Å²) < 4.78 is 0. The number of H-pyrrole nitrogens is 2. The second kappa shape index (κ2) is 17.6. The van der Waals surface area contributed by atoms with Crippen LogP contribution in [0.3, 0.4) is 0 Å². The minimum absolute atomic E-state index is 0.0411. The number of benzene rings is 5. The molecule has 0 aliphatic carbocycles. The van der Waals surface area contributed by atoms with E-state index in [1.54, 1.807) is 0 Å². The summed E-state index contributed by atoms with van der Waals surface area (Å²) in [5, 5.41) is 0. The molecule has 79 heavy (non-hydrogen) atoms. The second-order valence-electron chi connectivity index (χ2n) is 29.4. The predicted molar refractivity (Wildman–Crippen MR) is 342 cm³/mol. The molecule has 8 aromatic rings. The van der Waals surface area contributed by atoms with Crippen LogP contribution in [0, 0.1) is 0 Å². The number of rotatable bonds is 3. The van der Waals surface area contributed by atoms with Crippen LogP contribution < -0.4 is 16.4 Å². The van der Waals surface area contributed by atoms with E-state index in [4.69, 9.17) is 9.97 Å². The first kappa shape index (κ1) is 52.5. The molecule has 7 heterocycles. The Labute approximate surface area is 471 Å². The number of aromatic nitrogens is 4. The van der Waals surface area contributed by atoms with Crippen LogP contribution in [0.1, 0.15) is 186 Å². The SMILES string of the molecule is CC(C)(C)c1cc(-c2c3nc(c(-c4cc(C(C)(C)C)cc(C(C)(C)C)c4)c4cc5c([nH]4)c4c6nc(c(-c7cc(C(C)(C)C)cc(C(C)(C)C)c7)c7ccc2[nH]7)C=C6c2ccccc2B4c2ccccc2-5)C=C3)cc(C(C)(C)C)c1. The molecule has 2 N–H and O–H groups in total. The third-order valence-electron chi connectivity index (χ3n) is 17.3. The standard InChI is InChI=1S/C74H79BN4/c1-69(2,3)45-31-42(32-46(37-45)70(4,5)6)63-57-27-29-59(76-57)64(43-33-47(71(7,8)9)38-48(34-43)72(10,11)12)61-40-53-51-23-19-21-25-55(51)75-56-26-22-20-24-52(56)54-41-62(79-68(54)66(75)67(53)78-61)65(60-30-28-58(63)77-60)44-35-49(73(13,14)15)39-50(36-44)74(16,17)18/h19-41,76,79H,1-18H3. The number of aromatic amines is 2. The van der Waals surface area contributed by atoms with E-state index < -0.39 is 0 Å². The Balaban J connectivity index is 1.34. The summed E-state index contributed by atoms with van der Waals surface area (Å²) in [4.78, 5) is 20.4. The third-order valence-corrected chi connectivity index (χ3v) is 17.3. The summed E-state index contributed by atoms with van der Waals surface area (Å²) in [5.74, 6) is 0. The molecule has 4 nitrogen and oxygen atoms in total. The summed E-state index contributed by atoms with van der Waals surface area (Å²) in [6.45, 7) is 41.9. The van der Waals surface area contributed by atoms with Gasteiger partial charge in [0.2, 0.25) is 6.71 Å². The smallest absolute Gasteiger partial charge is 0.248 e. The van der Waals surface area contributed by atoms with Crippen molar-refractivity contribution in [2.45, 2.75) is 157 Å². The number of nitrogens with zero attached hydrogens (tertiary/aromatic N) is 2. The zero-order valence-corrected chi connectivity index (χ0v) is 50.3. The van der Waals surface area contributed by atoms with E-state index in [0.29, 0.717) is 0 Å². The quantitative estimate of drug-likeness (QED) is 0.173. The maximum Gasteiger partial charge on any atom is 0.248 e. The van der Waals surface area contributed by atoms with Crippen molar-refractivity contribution in [3.8, 4) is 44.5 Å². The molecule has 8 bridgehead atoms. The van der Waals surface area contributed by atoms with Gasteiger partial charge in [0.05, 0.1) is 22.8 Å². The predicted octanol–water partition coefficient (Wildman–Crippen LogP) is 17.7. The van der Waals surface area contributed by atoms with Crippen LogP contribution in [-0.4, -0.2) is 26.6 Å². The Morgan fingerprint density at radius 3 is 1.16 bits per heavy atom. The summed E-state index contributed by atoms with van der Waals surface area (Å²) in [6, 6.07) is 47.1. The van der Waals surface area contributed by atoms with Crippen LogP contribution in [0.25, 0.3) is 90.4 Å². The van der Waals surface area contributed by atoms with E-state index in [2.05, 4.69) is 274 Å². The lowest BCUT2D eigenvalue weighted by Gasteiger charge is -2.30. The average molecular weight is 1040 g/mol. The second-order valence-corrected chi connectivity index (χ2v) is 29.4. The summed E-state index contributed by atoms with van der Waals surface area (Å²) in [5.41, 5.74) is 30.5. The normalized spacial score (nSPS) is 14.2. The fourth-order valence-corrected chi connectivity index (χ4v) is 12.4. The highest BCUT2D eigenvalue weighted by atomic mass is 14.8. The molecule has 3 aromatic heterocycles. The average Bonchev–Trinajstić information content (AvgIpc) is 4.43. The molecular formula is C74H79BN4. The topological polar surface area (TPSA) is 57.4 Å². The van der Waals surface area contributed by atoms with E-state index in [9.17, 15) is 0 Å². The van der Waals surface area contributed by atoms with Gasteiger partial charge in [-0.25, -0.2) is 9.97 Å². The molecule has 0 amide bonds. The summed E-state index contributed by atoms with van der Waals surface area (Å²) >= 11 is 0. The zero-order chi connectivity index (χ0) is 56.3.